The summed E-state index contributed by atoms with van der Waals surface area (Å²) >= 11 is 0. The van der Waals surface area contributed by atoms with Gasteiger partial charge in [0.2, 0.25) is 6.43 Å². The molecule has 1 aromatic rings. The van der Waals surface area contributed by atoms with Gasteiger partial charge in [0.25, 0.3) is 0 Å². The monoisotopic (exact) mass is 157 g/mol. The predicted octanol–water partition coefficient (Wildman–Crippen LogP) is 2.28. The minimum atomic E-state index is -2.22. The maximum atomic E-state index is 11.7. The van der Waals surface area contributed by atoms with Crippen molar-refractivity contribution in [2.75, 3.05) is 0 Å². The molecule has 11 heavy (non-hydrogen) atoms. The Kier molecular flexibility index (Phi) is 2.95. The van der Waals surface area contributed by atoms with E-state index in [9.17, 15) is 8.78 Å². The van der Waals surface area contributed by atoms with Crippen molar-refractivity contribution in [3.8, 4) is 0 Å². The Balaban J connectivity index is 2.39. The third-order valence-electron chi connectivity index (χ3n) is 1.34. The fraction of sp³-hybridized carbons (Fsp3) is 0.375. The second kappa shape index (κ2) is 4.01. The van der Waals surface area contributed by atoms with Crippen LogP contribution in [0, 0.1) is 0 Å². The molecule has 0 aliphatic heterocycles. The van der Waals surface area contributed by atoms with Crippen LogP contribution in [0.25, 0.3) is 0 Å². The molecule has 0 aromatic carbocycles. The molecule has 0 unspecified atom stereocenters. The molecule has 0 bridgehead atoms. The highest BCUT2D eigenvalue weighted by Crippen LogP contribution is 2.04. The average molecular weight is 157 g/mol. The first kappa shape index (κ1) is 8.11. The summed E-state index contributed by atoms with van der Waals surface area (Å²) in [5.41, 5.74) is 0.729. The lowest BCUT2D eigenvalue weighted by Crippen LogP contribution is -1.95. The van der Waals surface area contributed by atoms with Crippen LogP contribution in [0.2, 0.25) is 0 Å². The van der Waals surface area contributed by atoms with Gasteiger partial charge in [0.15, 0.2) is 0 Å². The Hall–Kier alpha value is -0.990. The van der Waals surface area contributed by atoms with Gasteiger partial charge in [0.05, 0.1) is 0 Å². The van der Waals surface area contributed by atoms with Crippen LogP contribution in [0.5, 0.6) is 0 Å². The Morgan fingerprint density at radius 2 is 2.18 bits per heavy atom. The number of hydrogen-bond acceptors (Lipinski definition) is 1. The van der Waals surface area contributed by atoms with Gasteiger partial charge in [-0.05, 0) is 18.6 Å². The molecule has 0 aliphatic carbocycles. The number of pyridine rings is 1. The lowest BCUT2D eigenvalue weighted by Gasteiger charge is -1.97. The smallest absolute Gasteiger partial charge is 0.239 e. The van der Waals surface area contributed by atoms with Gasteiger partial charge in [-0.2, -0.15) is 0 Å². The number of alkyl halides is 2. The van der Waals surface area contributed by atoms with Gasteiger partial charge in [-0.1, -0.05) is 6.07 Å². The van der Waals surface area contributed by atoms with Crippen LogP contribution >= 0.6 is 0 Å². The van der Waals surface area contributed by atoms with E-state index in [0.29, 0.717) is 6.42 Å². The van der Waals surface area contributed by atoms with Crippen molar-refractivity contribution < 1.29 is 8.78 Å². The first-order valence-electron chi connectivity index (χ1n) is 3.47. The molecular formula is C8H9F2N. The third kappa shape index (κ3) is 3.07. The summed E-state index contributed by atoms with van der Waals surface area (Å²) in [6.45, 7) is 0. The van der Waals surface area contributed by atoms with E-state index in [2.05, 4.69) is 4.98 Å². The van der Waals surface area contributed by atoms with E-state index in [0.717, 1.165) is 5.69 Å². The number of rotatable bonds is 3. The maximum Gasteiger partial charge on any atom is 0.239 e. The molecule has 0 radical (unpaired) electrons. The molecule has 60 valence electrons. The highest BCUT2D eigenvalue weighted by Gasteiger charge is 2.02. The number of aromatic nitrogens is 1. The fourth-order valence-corrected chi connectivity index (χ4v) is 0.803. The molecule has 0 spiro atoms. The molecule has 0 saturated carbocycles. The molecule has 0 fully saturated rings. The van der Waals surface area contributed by atoms with Crippen molar-refractivity contribution in [2.45, 2.75) is 19.3 Å². The summed E-state index contributed by atoms with van der Waals surface area (Å²) < 4.78 is 23.4. The van der Waals surface area contributed by atoms with E-state index in [-0.39, 0.29) is 6.42 Å². The van der Waals surface area contributed by atoms with Gasteiger partial charge in [0.1, 0.15) is 0 Å². The first-order chi connectivity index (χ1) is 5.29. The number of aryl methyl sites for hydroxylation is 1. The van der Waals surface area contributed by atoms with Gasteiger partial charge < -0.3 is 0 Å². The molecule has 0 amide bonds. The number of halogens is 2. The van der Waals surface area contributed by atoms with E-state index in [4.69, 9.17) is 0 Å². The Labute approximate surface area is 64.1 Å². The van der Waals surface area contributed by atoms with Crippen molar-refractivity contribution in [1.29, 1.82) is 0 Å². The van der Waals surface area contributed by atoms with Crippen molar-refractivity contribution in [2.24, 2.45) is 0 Å². The van der Waals surface area contributed by atoms with Gasteiger partial charge in [-0.15, -0.1) is 0 Å². The third-order valence-corrected chi connectivity index (χ3v) is 1.34. The van der Waals surface area contributed by atoms with Crippen LogP contribution in [0.4, 0.5) is 8.78 Å². The summed E-state index contributed by atoms with van der Waals surface area (Å²) in [5, 5.41) is 0. The minimum absolute atomic E-state index is 0.100. The van der Waals surface area contributed by atoms with Crippen molar-refractivity contribution in [1.82, 2.24) is 4.98 Å². The molecule has 0 N–H and O–H groups in total. The highest BCUT2D eigenvalue weighted by atomic mass is 19.3. The van der Waals surface area contributed by atoms with Crippen molar-refractivity contribution >= 4 is 0 Å². The number of nitrogens with zero attached hydrogens (tertiary/aromatic N) is 1. The molecule has 1 rings (SSSR count). The van der Waals surface area contributed by atoms with Crippen LogP contribution in [0.1, 0.15) is 12.1 Å². The molecule has 0 aliphatic rings. The normalized spacial score (nSPS) is 10.5. The molecule has 3 heteroatoms. The van der Waals surface area contributed by atoms with E-state index in [1.54, 1.807) is 24.4 Å². The zero-order chi connectivity index (χ0) is 8.10. The lowest BCUT2D eigenvalue weighted by molar-refractivity contribution is 0.137. The fourth-order valence-electron chi connectivity index (χ4n) is 0.803. The van der Waals surface area contributed by atoms with E-state index in [1.807, 2.05) is 0 Å². The first-order valence-corrected chi connectivity index (χ1v) is 3.47. The summed E-state index contributed by atoms with van der Waals surface area (Å²) in [6.07, 6.45) is -0.354. The minimum Gasteiger partial charge on any atom is -0.261 e. The summed E-state index contributed by atoms with van der Waals surface area (Å²) in [6, 6.07) is 5.32. The van der Waals surface area contributed by atoms with Crippen LogP contribution in [0.3, 0.4) is 0 Å². The van der Waals surface area contributed by atoms with Crippen LogP contribution in [0.15, 0.2) is 24.4 Å². The molecule has 0 saturated heterocycles. The summed E-state index contributed by atoms with van der Waals surface area (Å²) in [5.74, 6) is 0. The topological polar surface area (TPSA) is 12.9 Å². The van der Waals surface area contributed by atoms with Crippen LogP contribution in [-0.4, -0.2) is 11.4 Å². The number of hydrogen-bond donors (Lipinski definition) is 0. The van der Waals surface area contributed by atoms with Gasteiger partial charge in [0, 0.05) is 18.3 Å². The van der Waals surface area contributed by atoms with E-state index < -0.39 is 6.43 Å². The Morgan fingerprint density at radius 3 is 2.73 bits per heavy atom. The van der Waals surface area contributed by atoms with Gasteiger partial charge >= 0.3 is 0 Å². The second-order valence-electron chi connectivity index (χ2n) is 2.25. The Bertz CT molecular complexity index is 199. The molecule has 1 aromatic heterocycles. The van der Waals surface area contributed by atoms with Gasteiger partial charge in [-0.3, -0.25) is 4.98 Å². The molecule has 1 nitrogen and oxygen atoms in total. The highest BCUT2D eigenvalue weighted by molar-refractivity contribution is 5.03. The zero-order valence-corrected chi connectivity index (χ0v) is 6.00. The van der Waals surface area contributed by atoms with Crippen molar-refractivity contribution in [3.05, 3.63) is 30.1 Å². The lowest BCUT2D eigenvalue weighted by atomic mass is 10.2. The average Bonchev–Trinajstić information content (AvgIpc) is 2.03. The standard InChI is InChI=1S/C8H9F2N/c9-8(10)5-4-7-3-1-2-6-11-7/h1-3,6,8H,4-5H2. The summed E-state index contributed by atoms with van der Waals surface area (Å²) in [4.78, 5) is 3.92. The molecular weight excluding hydrogens is 148 g/mol. The largest absolute Gasteiger partial charge is 0.261 e. The quantitative estimate of drug-likeness (QED) is 0.655. The van der Waals surface area contributed by atoms with Crippen LogP contribution in [-0.2, 0) is 6.42 Å². The SMILES string of the molecule is FC(F)CCc1ccccn1. The maximum absolute atomic E-state index is 11.7. The van der Waals surface area contributed by atoms with Crippen molar-refractivity contribution in [3.63, 3.8) is 0 Å². The summed E-state index contributed by atoms with van der Waals surface area (Å²) in [7, 11) is 0. The van der Waals surface area contributed by atoms with E-state index >= 15 is 0 Å². The molecule has 1 heterocycles. The van der Waals surface area contributed by atoms with E-state index in [1.165, 1.54) is 0 Å². The second-order valence-corrected chi connectivity index (χ2v) is 2.25. The van der Waals surface area contributed by atoms with Crippen LogP contribution < -0.4 is 0 Å². The molecule has 0 atom stereocenters. The van der Waals surface area contributed by atoms with Gasteiger partial charge in [-0.25, -0.2) is 8.78 Å². The zero-order valence-electron chi connectivity index (χ0n) is 6.00. The predicted molar refractivity (Wildman–Crippen MR) is 38.6 cm³/mol. The Morgan fingerprint density at radius 1 is 1.36 bits per heavy atom.